The third-order valence-corrected chi connectivity index (χ3v) is 9.34. The van der Waals surface area contributed by atoms with E-state index in [4.69, 9.17) is 0 Å². The average Bonchev–Trinajstić information content (AvgIpc) is 3.53. The number of piperidine rings is 1. The highest BCUT2D eigenvalue weighted by molar-refractivity contribution is 5.95. The van der Waals surface area contributed by atoms with Crippen LogP contribution in [0, 0.1) is 11.3 Å². The predicted octanol–water partition coefficient (Wildman–Crippen LogP) is 4.90. The fourth-order valence-corrected chi connectivity index (χ4v) is 7.03. The van der Waals surface area contributed by atoms with Crippen LogP contribution < -0.4 is 10.2 Å². The lowest BCUT2D eigenvalue weighted by atomic mass is 9.77. The van der Waals surface area contributed by atoms with Crippen LogP contribution in [0.5, 0.6) is 0 Å². The zero-order valence-corrected chi connectivity index (χ0v) is 21.3. The predicted molar refractivity (Wildman–Crippen MR) is 141 cm³/mol. The molecule has 6 rings (SSSR count). The molecular formula is C30H38N4O2. The molecule has 2 amide bonds. The number of hydrogen-bond acceptors (Lipinski definition) is 4. The topological polar surface area (TPSA) is 65.5 Å². The van der Waals surface area contributed by atoms with Gasteiger partial charge in [-0.3, -0.25) is 14.6 Å². The Bertz CT molecular complexity index is 1100. The van der Waals surface area contributed by atoms with Gasteiger partial charge in [0.05, 0.1) is 6.04 Å². The first-order valence-electron chi connectivity index (χ1n) is 14.0. The van der Waals surface area contributed by atoms with Gasteiger partial charge in [0, 0.05) is 55.7 Å². The maximum atomic E-state index is 13.6. The van der Waals surface area contributed by atoms with E-state index >= 15 is 0 Å². The fraction of sp³-hybridized carbons (Fsp3) is 0.567. The van der Waals surface area contributed by atoms with Crippen LogP contribution in [0.25, 0.3) is 0 Å². The number of nitrogens with one attached hydrogen (secondary N) is 1. The number of fused-ring (bicyclic) bond motifs is 1. The van der Waals surface area contributed by atoms with Gasteiger partial charge in [0.25, 0.3) is 5.91 Å². The standard InChI is InChI=1S/C30H38N4O2/c35-28(23-4-2-1-3-5-23)32-27-9-8-22-6-7-24(20-26(22)27)29(36)34-19-14-30(21-34)12-17-33(18-13-30)25-10-15-31-16-11-25/h6-7,10-11,15-16,20,23,27H,1-5,8-9,12-14,17-19,21H2,(H,32,35). The number of benzene rings is 1. The van der Waals surface area contributed by atoms with Gasteiger partial charge >= 0.3 is 0 Å². The highest BCUT2D eigenvalue weighted by Crippen LogP contribution is 2.42. The quantitative estimate of drug-likeness (QED) is 0.668. The van der Waals surface area contributed by atoms with Crippen LogP contribution in [0.2, 0.25) is 0 Å². The number of hydrogen-bond donors (Lipinski definition) is 1. The summed E-state index contributed by atoms with van der Waals surface area (Å²) in [7, 11) is 0. The Hall–Kier alpha value is -2.89. The van der Waals surface area contributed by atoms with Crippen molar-refractivity contribution in [1.82, 2.24) is 15.2 Å². The molecule has 36 heavy (non-hydrogen) atoms. The van der Waals surface area contributed by atoms with E-state index in [0.717, 1.165) is 95.1 Å². The van der Waals surface area contributed by atoms with Gasteiger partial charge in [0.1, 0.15) is 0 Å². The number of carbonyl (C=O) groups excluding carboxylic acids is 2. The van der Waals surface area contributed by atoms with E-state index in [9.17, 15) is 9.59 Å². The molecule has 2 aromatic rings. The summed E-state index contributed by atoms with van der Waals surface area (Å²) in [5.74, 6) is 0.526. The normalized spacial score (nSPS) is 23.6. The van der Waals surface area contributed by atoms with Crippen LogP contribution in [0.4, 0.5) is 5.69 Å². The molecule has 6 heteroatoms. The Morgan fingerprint density at radius 2 is 1.67 bits per heavy atom. The number of aromatic nitrogens is 1. The number of nitrogens with zero attached hydrogens (tertiary/aromatic N) is 3. The first-order chi connectivity index (χ1) is 17.6. The van der Waals surface area contributed by atoms with E-state index in [-0.39, 0.29) is 29.2 Å². The molecule has 2 saturated heterocycles. The Balaban J connectivity index is 1.09. The molecule has 1 aromatic carbocycles. The molecule has 6 nitrogen and oxygen atoms in total. The summed E-state index contributed by atoms with van der Waals surface area (Å²) in [5.41, 5.74) is 4.70. The zero-order chi connectivity index (χ0) is 24.5. The van der Waals surface area contributed by atoms with Crippen molar-refractivity contribution in [3.05, 3.63) is 59.4 Å². The van der Waals surface area contributed by atoms with Crippen LogP contribution in [-0.4, -0.2) is 47.9 Å². The molecule has 1 unspecified atom stereocenters. The smallest absolute Gasteiger partial charge is 0.253 e. The molecule has 190 valence electrons. The molecular weight excluding hydrogens is 448 g/mol. The van der Waals surface area contributed by atoms with Crippen molar-refractivity contribution in [2.75, 3.05) is 31.1 Å². The SMILES string of the molecule is O=C(NC1CCc2ccc(C(=O)N3CCC4(CCN(c5ccncc5)CC4)C3)cc21)C1CCCCC1. The molecule has 3 fully saturated rings. The Morgan fingerprint density at radius 3 is 2.44 bits per heavy atom. The second-order valence-electron chi connectivity index (χ2n) is 11.5. The van der Waals surface area contributed by atoms with E-state index in [2.05, 4.69) is 44.4 Å². The van der Waals surface area contributed by atoms with Crippen molar-refractivity contribution < 1.29 is 9.59 Å². The largest absolute Gasteiger partial charge is 0.371 e. The van der Waals surface area contributed by atoms with E-state index in [1.54, 1.807) is 0 Å². The van der Waals surface area contributed by atoms with Gasteiger partial charge in [-0.05, 0) is 85.8 Å². The van der Waals surface area contributed by atoms with Gasteiger partial charge in [0.15, 0.2) is 0 Å². The number of likely N-dealkylation sites (tertiary alicyclic amines) is 1. The summed E-state index contributed by atoms with van der Waals surface area (Å²) in [6.07, 6.45) is 14.6. The molecule has 0 bridgehead atoms. The van der Waals surface area contributed by atoms with E-state index in [0.29, 0.717) is 0 Å². The average molecular weight is 487 g/mol. The number of amides is 2. The number of aryl methyl sites for hydroxylation is 1. The lowest BCUT2D eigenvalue weighted by Gasteiger charge is -2.40. The second-order valence-corrected chi connectivity index (χ2v) is 11.5. The molecule has 1 aromatic heterocycles. The minimum atomic E-state index is 0.0459. The van der Waals surface area contributed by atoms with Gasteiger partial charge in [-0.2, -0.15) is 0 Å². The van der Waals surface area contributed by atoms with Crippen LogP contribution in [0.15, 0.2) is 42.7 Å². The first-order valence-corrected chi connectivity index (χ1v) is 14.0. The summed E-state index contributed by atoms with van der Waals surface area (Å²) in [5, 5.41) is 3.33. The molecule has 1 spiro atoms. The van der Waals surface area contributed by atoms with Gasteiger partial charge < -0.3 is 15.1 Å². The van der Waals surface area contributed by atoms with Crippen LogP contribution in [-0.2, 0) is 11.2 Å². The van der Waals surface area contributed by atoms with Crippen molar-refractivity contribution in [3.8, 4) is 0 Å². The molecule has 3 heterocycles. The Labute approximate surface area is 214 Å². The molecule has 1 saturated carbocycles. The van der Waals surface area contributed by atoms with Gasteiger partial charge in [0.2, 0.25) is 5.91 Å². The van der Waals surface area contributed by atoms with E-state index in [1.165, 1.54) is 17.7 Å². The Kier molecular flexibility index (Phi) is 6.44. The van der Waals surface area contributed by atoms with E-state index < -0.39 is 0 Å². The van der Waals surface area contributed by atoms with Gasteiger partial charge in [-0.15, -0.1) is 0 Å². The van der Waals surface area contributed by atoms with Gasteiger partial charge in [-0.1, -0.05) is 25.3 Å². The molecule has 0 radical (unpaired) electrons. The van der Waals surface area contributed by atoms with Crippen molar-refractivity contribution in [2.24, 2.45) is 11.3 Å². The van der Waals surface area contributed by atoms with Gasteiger partial charge in [-0.25, -0.2) is 0 Å². The van der Waals surface area contributed by atoms with E-state index in [1.807, 2.05) is 18.5 Å². The second kappa shape index (κ2) is 9.87. The maximum Gasteiger partial charge on any atom is 0.253 e. The van der Waals surface area contributed by atoms with Crippen LogP contribution >= 0.6 is 0 Å². The fourth-order valence-electron chi connectivity index (χ4n) is 7.03. The first kappa shape index (κ1) is 23.5. The minimum Gasteiger partial charge on any atom is -0.371 e. The third-order valence-electron chi connectivity index (χ3n) is 9.34. The minimum absolute atomic E-state index is 0.0459. The Morgan fingerprint density at radius 1 is 0.917 bits per heavy atom. The van der Waals surface area contributed by atoms with Crippen molar-refractivity contribution in [1.29, 1.82) is 0 Å². The lowest BCUT2D eigenvalue weighted by Crippen LogP contribution is -2.42. The monoisotopic (exact) mass is 486 g/mol. The summed E-state index contributed by atoms with van der Waals surface area (Å²) >= 11 is 0. The summed E-state index contributed by atoms with van der Waals surface area (Å²) in [6.45, 7) is 3.77. The van der Waals surface area contributed by atoms with Crippen molar-refractivity contribution >= 4 is 17.5 Å². The highest BCUT2D eigenvalue weighted by Gasteiger charge is 2.42. The lowest BCUT2D eigenvalue weighted by molar-refractivity contribution is -0.126. The number of pyridine rings is 1. The third kappa shape index (κ3) is 4.62. The highest BCUT2D eigenvalue weighted by atomic mass is 16.2. The zero-order valence-electron chi connectivity index (χ0n) is 21.3. The molecule has 1 atom stereocenters. The molecule has 1 N–H and O–H groups in total. The summed E-state index contributed by atoms with van der Waals surface area (Å²) in [4.78, 5) is 35.1. The number of rotatable bonds is 4. The molecule has 2 aliphatic carbocycles. The summed E-state index contributed by atoms with van der Waals surface area (Å²) < 4.78 is 0. The maximum absolute atomic E-state index is 13.6. The number of anilines is 1. The van der Waals surface area contributed by atoms with Crippen molar-refractivity contribution in [3.63, 3.8) is 0 Å². The van der Waals surface area contributed by atoms with Crippen LogP contribution in [0.3, 0.4) is 0 Å². The van der Waals surface area contributed by atoms with Crippen molar-refractivity contribution in [2.45, 2.75) is 70.3 Å². The van der Waals surface area contributed by atoms with Crippen LogP contribution in [0.1, 0.15) is 85.3 Å². The number of carbonyl (C=O) groups is 2. The summed E-state index contributed by atoms with van der Waals surface area (Å²) in [6, 6.07) is 10.4. The molecule has 4 aliphatic rings. The molecule has 2 aliphatic heterocycles.